The Morgan fingerprint density at radius 1 is 1.50 bits per heavy atom. The van der Waals surface area contributed by atoms with Crippen LogP contribution in [0.3, 0.4) is 0 Å². The number of halogens is 2. The molecule has 0 saturated carbocycles. The van der Waals surface area contributed by atoms with Gasteiger partial charge < -0.3 is 11.5 Å². The molecule has 0 aromatic heterocycles. The van der Waals surface area contributed by atoms with Crippen molar-refractivity contribution in [2.24, 2.45) is 11.5 Å². The van der Waals surface area contributed by atoms with Crippen molar-refractivity contribution in [3.8, 4) is 0 Å². The predicted molar refractivity (Wildman–Crippen MR) is 59.6 cm³/mol. The molecule has 0 aliphatic heterocycles. The van der Waals surface area contributed by atoms with Gasteiger partial charge in [0.2, 0.25) is 5.91 Å². The Labute approximate surface area is 93.8 Å². The zero-order chi connectivity index (χ0) is 9.84. The predicted octanol–water partition coefficient (Wildman–Crippen LogP) is 1.12. The van der Waals surface area contributed by atoms with Crippen molar-refractivity contribution in [1.29, 1.82) is 0 Å². The van der Waals surface area contributed by atoms with Gasteiger partial charge in [-0.15, -0.1) is 12.4 Å². The van der Waals surface area contributed by atoms with Crippen molar-refractivity contribution < 1.29 is 4.79 Å². The smallest absolute Gasteiger partial charge is 0.234 e. The van der Waals surface area contributed by atoms with Crippen LogP contribution in [0.4, 0.5) is 0 Å². The van der Waals surface area contributed by atoms with Crippen molar-refractivity contribution in [1.82, 2.24) is 0 Å². The first-order valence-electron chi connectivity index (χ1n) is 3.89. The molecule has 1 aromatic rings. The molecule has 0 heterocycles. The van der Waals surface area contributed by atoms with E-state index in [-0.39, 0.29) is 12.4 Å². The summed E-state index contributed by atoms with van der Waals surface area (Å²) in [5.74, 6) is -0.500. The molecule has 14 heavy (non-hydrogen) atoms. The van der Waals surface area contributed by atoms with Crippen LogP contribution >= 0.6 is 24.0 Å². The lowest BCUT2D eigenvalue weighted by molar-refractivity contribution is -0.119. The summed E-state index contributed by atoms with van der Waals surface area (Å²) in [5, 5.41) is 0.633. The minimum absolute atomic E-state index is 0. The fourth-order valence-corrected chi connectivity index (χ4v) is 1.23. The number of hydrogen-bond donors (Lipinski definition) is 2. The number of benzene rings is 1. The van der Waals surface area contributed by atoms with Crippen LogP contribution in [0.25, 0.3) is 0 Å². The summed E-state index contributed by atoms with van der Waals surface area (Å²) in [4.78, 5) is 10.7. The Bertz CT molecular complexity index is 317. The normalized spacial score (nSPS) is 11.6. The Balaban J connectivity index is 0.00000169. The zero-order valence-electron chi connectivity index (χ0n) is 7.44. The highest BCUT2D eigenvalue weighted by Crippen LogP contribution is 2.11. The van der Waals surface area contributed by atoms with Gasteiger partial charge in [0.1, 0.15) is 0 Å². The first-order valence-corrected chi connectivity index (χ1v) is 4.26. The monoisotopic (exact) mass is 234 g/mol. The van der Waals surface area contributed by atoms with Gasteiger partial charge in [0, 0.05) is 5.02 Å². The van der Waals surface area contributed by atoms with E-state index in [9.17, 15) is 4.79 Å². The maximum atomic E-state index is 10.7. The van der Waals surface area contributed by atoms with E-state index in [0.717, 1.165) is 5.56 Å². The topological polar surface area (TPSA) is 69.1 Å². The molecule has 0 fully saturated rings. The van der Waals surface area contributed by atoms with Crippen molar-refractivity contribution in [3.05, 3.63) is 34.9 Å². The van der Waals surface area contributed by atoms with Crippen molar-refractivity contribution in [2.75, 3.05) is 0 Å². The summed E-state index contributed by atoms with van der Waals surface area (Å²) < 4.78 is 0. The van der Waals surface area contributed by atoms with Crippen molar-refractivity contribution in [3.63, 3.8) is 0 Å². The summed E-state index contributed by atoms with van der Waals surface area (Å²) in [6.07, 6.45) is 0.426. The minimum Gasteiger partial charge on any atom is -0.368 e. The van der Waals surface area contributed by atoms with E-state index in [0.29, 0.717) is 11.4 Å². The Hall–Kier alpha value is -0.770. The van der Waals surface area contributed by atoms with Crippen LogP contribution in [0.15, 0.2) is 24.3 Å². The van der Waals surface area contributed by atoms with Gasteiger partial charge in [0.25, 0.3) is 0 Å². The molecule has 1 atom stereocenters. The van der Waals surface area contributed by atoms with E-state index in [4.69, 9.17) is 23.1 Å². The lowest BCUT2D eigenvalue weighted by Crippen LogP contribution is -2.38. The minimum atomic E-state index is -0.640. The van der Waals surface area contributed by atoms with E-state index >= 15 is 0 Å². The van der Waals surface area contributed by atoms with Gasteiger partial charge in [-0.25, -0.2) is 0 Å². The second kappa shape index (κ2) is 5.86. The highest BCUT2D eigenvalue weighted by Gasteiger charge is 2.09. The fourth-order valence-electron chi connectivity index (χ4n) is 1.02. The molecular weight excluding hydrogens is 223 g/mol. The molecule has 1 aromatic carbocycles. The molecule has 1 amide bonds. The van der Waals surface area contributed by atoms with Gasteiger partial charge in [0.15, 0.2) is 0 Å². The molecule has 0 aliphatic rings. The first kappa shape index (κ1) is 13.2. The molecule has 78 valence electrons. The van der Waals surface area contributed by atoms with Crippen molar-refractivity contribution in [2.45, 2.75) is 12.5 Å². The van der Waals surface area contributed by atoms with E-state index in [1.807, 2.05) is 12.1 Å². The molecule has 0 saturated heterocycles. The molecule has 0 unspecified atom stereocenters. The maximum Gasteiger partial charge on any atom is 0.234 e. The number of hydrogen-bond acceptors (Lipinski definition) is 2. The van der Waals surface area contributed by atoms with Crippen LogP contribution in [0.2, 0.25) is 5.02 Å². The van der Waals surface area contributed by atoms with Crippen molar-refractivity contribution >= 4 is 29.9 Å². The Morgan fingerprint density at radius 3 is 2.64 bits per heavy atom. The second-order valence-electron chi connectivity index (χ2n) is 2.84. The molecular formula is C9H12Cl2N2O. The number of rotatable bonds is 3. The standard InChI is InChI=1S/C9H11ClN2O.ClH/c10-7-3-1-2-6(4-7)5-8(11)9(12)13;/h1-4,8H,5,11H2,(H2,12,13);1H/t8-;/m0./s1. The number of nitrogens with two attached hydrogens (primary N) is 2. The lowest BCUT2D eigenvalue weighted by Gasteiger charge is -2.06. The van der Waals surface area contributed by atoms with Gasteiger partial charge in [-0.1, -0.05) is 23.7 Å². The lowest BCUT2D eigenvalue weighted by atomic mass is 10.1. The van der Waals surface area contributed by atoms with Gasteiger partial charge in [-0.2, -0.15) is 0 Å². The summed E-state index contributed by atoms with van der Waals surface area (Å²) in [5.41, 5.74) is 11.4. The van der Waals surface area contributed by atoms with Gasteiger partial charge in [-0.05, 0) is 24.1 Å². The number of carbonyl (C=O) groups is 1. The summed E-state index contributed by atoms with van der Waals surface area (Å²) in [7, 11) is 0. The van der Waals surface area contributed by atoms with Crippen LogP contribution in [-0.2, 0) is 11.2 Å². The van der Waals surface area contributed by atoms with E-state index < -0.39 is 11.9 Å². The highest BCUT2D eigenvalue weighted by atomic mass is 35.5. The number of amides is 1. The quantitative estimate of drug-likeness (QED) is 0.824. The van der Waals surface area contributed by atoms with Crippen LogP contribution in [0.5, 0.6) is 0 Å². The van der Waals surface area contributed by atoms with Crippen LogP contribution in [-0.4, -0.2) is 11.9 Å². The van der Waals surface area contributed by atoms with E-state index in [1.165, 1.54) is 0 Å². The average molecular weight is 235 g/mol. The molecule has 0 bridgehead atoms. The molecule has 0 radical (unpaired) electrons. The number of carbonyl (C=O) groups excluding carboxylic acids is 1. The number of primary amides is 1. The van der Waals surface area contributed by atoms with Crippen LogP contribution in [0, 0.1) is 0 Å². The molecule has 0 aliphatic carbocycles. The fraction of sp³-hybridized carbons (Fsp3) is 0.222. The second-order valence-corrected chi connectivity index (χ2v) is 3.28. The van der Waals surface area contributed by atoms with Crippen LogP contribution in [0.1, 0.15) is 5.56 Å². The molecule has 3 nitrogen and oxygen atoms in total. The van der Waals surface area contributed by atoms with E-state index in [2.05, 4.69) is 0 Å². The van der Waals surface area contributed by atoms with Gasteiger partial charge in [0.05, 0.1) is 6.04 Å². The first-order chi connectivity index (χ1) is 6.09. The Kier molecular flexibility index (Phi) is 5.53. The summed E-state index contributed by atoms with van der Waals surface area (Å²) >= 11 is 5.75. The molecule has 1 rings (SSSR count). The summed E-state index contributed by atoms with van der Waals surface area (Å²) in [6.45, 7) is 0. The van der Waals surface area contributed by atoms with E-state index in [1.54, 1.807) is 12.1 Å². The highest BCUT2D eigenvalue weighted by molar-refractivity contribution is 6.30. The summed E-state index contributed by atoms with van der Waals surface area (Å²) in [6, 6.07) is 6.56. The average Bonchev–Trinajstić information content (AvgIpc) is 2.04. The van der Waals surface area contributed by atoms with Gasteiger partial charge >= 0.3 is 0 Å². The largest absolute Gasteiger partial charge is 0.368 e. The Morgan fingerprint density at radius 2 is 2.14 bits per heavy atom. The molecule has 5 heteroatoms. The third kappa shape index (κ3) is 3.96. The van der Waals surface area contributed by atoms with Gasteiger partial charge in [-0.3, -0.25) is 4.79 Å². The molecule has 0 spiro atoms. The maximum absolute atomic E-state index is 10.7. The zero-order valence-corrected chi connectivity index (χ0v) is 9.02. The third-order valence-corrected chi connectivity index (χ3v) is 1.95. The van der Waals surface area contributed by atoms with Crippen LogP contribution < -0.4 is 11.5 Å². The SMILES string of the molecule is Cl.NC(=O)[C@@H](N)Cc1cccc(Cl)c1. The third-order valence-electron chi connectivity index (χ3n) is 1.71. The molecule has 4 N–H and O–H groups in total.